The molecule has 1 saturated heterocycles. The Morgan fingerprint density at radius 1 is 1.22 bits per heavy atom. The van der Waals surface area contributed by atoms with E-state index >= 15 is 0 Å². The summed E-state index contributed by atoms with van der Waals surface area (Å²) in [5.41, 5.74) is 2.67. The molecule has 1 amide bonds. The minimum atomic E-state index is -0.886. The second-order valence-electron chi connectivity index (χ2n) is 10.4. The van der Waals surface area contributed by atoms with E-state index in [0.29, 0.717) is 11.9 Å². The molecule has 2 aromatic rings. The number of amides is 1. The highest BCUT2D eigenvalue weighted by atomic mass is 16.6. The third kappa shape index (κ3) is 6.75. The van der Waals surface area contributed by atoms with E-state index in [9.17, 15) is 14.4 Å². The predicted molar refractivity (Wildman–Crippen MR) is 140 cm³/mol. The number of aromatic nitrogens is 1. The van der Waals surface area contributed by atoms with Crippen LogP contribution < -0.4 is 10.6 Å². The predicted octanol–water partition coefficient (Wildman–Crippen LogP) is 4.28. The lowest BCUT2D eigenvalue weighted by atomic mass is 10.00. The number of esters is 1. The average Bonchev–Trinajstić information content (AvgIpc) is 3.43. The van der Waals surface area contributed by atoms with Gasteiger partial charge in [0.05, 0.1) is 18.2 Å². The number of benzene rings is 1. The smallest absolute Gasteiger partial charge is 0.419 e. The number of para-hydroxylation sites is 1. The Labute approximate surface area is 213 Å². The van der Waals surface area contributed by atoms with E-state index in [2.05, 4.69) is 10.6 Å². The van der Waals surface area contributed by atoms with Gasteiger partial charge in [-0.15, -0.1) is 0 Å². The van der Waals surface area contributed by atoms with Crippen molar-refractivity contribution < 1.29 is 23.9 Å². The van der Waals surface area contributed by atoms with Crippen LogP contribution in [0.25, 0.3) is 10.9 Å². The SMILES string of the molecule is CCOC(=O)[C@@H](Cc1c(CC=C(C)C)n(C(=O)OC(C)(C)C)c2ccccc12)NC(=O)[C@H]1CCCN1. The van der Waals surface area contributed by atoms with Gasteiger partial charge in [-0.1, -0.05) is 29.8 Å². The van der Waals surface area contributed by atoms with Crippen LogP contribution in [0.3, 0.4) is 0 Å². The number of fused-ring (bicyclic) bond motifs is 1. The standard InChI is InChI=1S/C28H39N3O5/c1-7-35-26(33)22(30-25(32)21-12-10-16-29-21)17-20-19-11-8-9-13-23(19)31(24(20)15-14-18(2)3)27(34)36-28(4,5)6/h8-9,11,13-14,21-22,29H,7,10,12,15-17H2,1-6H3,(H,30,32)/t21-,22-/m1/s1. The maximum atomic E-state index is 13.4. The van der Waals surface area contributed by atoms with Crippen molar-refractivity contribution in [3.8, 4) is 0 Å². The second kappa shape index (κ2) is 11.7. The van der Waals surface area contributed by atoms with Gasteiger partial charge in [0.15, 0.2) is 0 Å². The Kier molecular flexibility index (Phi) is 8.95. The summed E-state index contributed by atoms with van der Waals surface area (Å²) in [5.74, 6) is -0.710. The molecule has 8 nitrogen and oxygen atoms in total. The van der Waals surface area contributed by atoms with E-state index in [1.54, 1.807) is 11.5 Å². The van der Waals surface area contributed by atoms with Gasteiger partial charge in [-0.25, -0.2) is 14.2 Å². The molecule has 0 saturated carbocycles. The summed E-state index contributed by atoms with van der Waals surface area (Å²) >= 11 is 0. The number of hydrogen-bond acceptors (Lipinski definition) is 6. The summed E-state index contributed by atoms with van der Waals surface area (Å²) in [4.78, 5) is 39.3. The fourth-order valence-electron chi connectivity index (χ4n) is 4.44. The Bertz CT molecular complexity index is 1130. The first-order valence-corrected chi connectivity index (χ1v) is 12.7. The molecule has 36 heavy (non-hydrogen) atoms. The summed E-state index contributed by atoms with van der Waals surface area (Å²) in [7, 11) is 0. The molecule has 1 aliphatic rings. The number of allylic oxidation sites excluding steroid dienone is 2. The molecule has 1 fully saturated rings. The van der Waals surface area contributed by atoms with Crippen LogP contribution in [0.15, 0.2) is 35.9 Å². The quantitative estimate of drug-likeness (QED) is 0.417. The molecule has 1 aromatic heterocycles. The van der Waals surface area contributed by atoms with E-state index in [-0.39, 0.29) is 25.0 Å². The normalized spacial score (nSPS) is 16.4. The maximum Gasteiger partial charge on any atom is 0.419 e. The molecular weight excluding hydrogens is 458 g/mol. The minimum absolute atomic E-state index is 0.194. The van der Waals surface area contributed by atoms with Crippen LogP contribution in [0.2, 0.25) is 0 Å². The van der Waals surface area contributed by atoms with Gasteiger partial charge in [0.1, 0.15) is 11.6 Å². The summed E-state index contributed by atoms with van der Waals surface area (Å²) in [6, 6.07) is 6.36. The lowest BCUT2D eigenvalue weighted by molar-refractivity contribution is -0.147. The molecule has 0 radical (unpaired) electrons. The van der Waals surface area contributed by atoms with Crippen molar-refractivity contribution in [1.29, 1.82) is 0 Å². The van der Waals surface area contributed by atoms with Crippen LogP contribution in [-0.4, -0.2) is 53.4 Å². The van der Waals surface area contributed by atoms with Gasteiger partial charge in [0.2, 0.25) is 5.91 Å². The summed E-state index contributed by atoms with van der Waals surface area (Å²) in [5, 5.41) is 6.92. The van der Waals surface area contributed by atoms with Gasteiger partial charge in [0, 0.05) is 23.9 Å². The van der Waals surface area contributed by atoms with Gasteiger partial charge in [-0.3, -0.25) is 4.79 Å². The van der Waals surface area contributed by atoms with Crippen molar-refractivity contribution in [2.75, 3.05) is 13.2 Å². The Morgan fingerprint density at radius 3 is 2.56 bits per heavy atom. The molecule has 2 N–H and O–H groups in total. The zero-order valence-electron chi connectivity index (χ0n) is 22.3. The van der Waals surface area contributed by atoms with Crippen LogP contribution in [0.5, 0.6) is 0 Å². The van der Waals surface area contributed by atoms with Crippen LogP contribution in [-0.2, 0) is 31.9 Å². The third-order valence-electron chi connectivity index (χ3n) is 6.04. The molecule has 3 rings (SSSR count). The molecule has 0 aliphatic carbocycles. The Hall–Kier alpha value is -3.13. The van der Waals surface area contributed by atoms with Crippen LogP contribution in [0.4, 0.5) is 4.79 Å². The third-order valence-corrected chi connectivity index (χ3v) is 6.04. The van der Waals surface area contributed by atoms with Crippen molar-refractivity contribution in [3.63, 3.8) is 0 Å². The van der Waals surface area contributed by atoms with Crippen molar-refractivity contribution in [2.45, 2.75) is 84.9 Å². The van der Waals surface area contributed by atoms with Gasteiger partial charge < -0.3 is 20.1 Å². The average molecular weight is 498 g/mol. The lowest BCUT2D eigenvalue weighted by Gasteiger charge is -2.22. The van der Waals surface area contributed by atoms with Crippen LogP contribution >= 0.6 is 0 Å². The van der Waals surface area contributed by atoms with Crippen LogP contribution in [0, 0.1) is 0 Å². The zero-order chi connectivity index (χ0) is 26.5. The number of rotatable bonds is 8. The number of nitrogens with one attached hydrogen (secondary N) is 2. The van der Waals surface area contributed by atoms with Crippen molar-refractivity contribution in [2.24, 2.45) is 0 Å². The van der Waals surface area contributed by atoms with Gasteiger partial charge >= 0.3 is 12.1 Å². The molecule has 2 atom stereocenters. The highest BCUT2D eigenvalue weighted by Crippen LogP contribution is 2.30. The van der Waals surface area contributed by atoms with Crippen molar-refractivity contribution in [3.05, 3.63) is 47.2 Å². The van der Waals surface area contributed by atoms with Crippen LogP contribution in [0.1, 0.15) is 65.6 Å². The van der Waals surface area contributed by atoms with E-state index in [4.69, 9.17) is 9.47 Å². The van der Waals surface area contributed by atoms with E-state index in [1.807, 2.05) is 65.0 Å². The van der Waals surface area contributed by atoms with Gasteiger partial charge in [-0.2, -0.15) is 0 Å². The summed E-state index contributed by atoms with van der Waals surface area (Å²) in [6.45, 7) is 12.2. The summed E-state index contributed by atoms with van der Waals surface area (Å²) in [6.07, 6.45) is 3.87. The first-order chi connectivity index (χ1) is 17.0. The maximum absolute atomic E-state index is 13.4. The molecule has 0 spiro atoms. The molecule has 8 heteroatoms. The molecular formula is C28H39N3O5. The second-order valence-corrected chi connectivity index (χ2v) is 10.4. The number of nitrogens with zero attached hydrogens (tertiary/aromatic N) is 1. The number of hydrogen-bond donors (Lipinski definition) is 2. The highest BCUT2D eigenvalue weighted by molar-refractivity contribution is 5.95. The molecule has 1 aliphatic heterocycles. The lowest BCUT2D eigenvalue weighted by Crippen LogP contribution is -2.49. The first kappa shape index (κ1) is 27.5. The van der Waals surface area contributed by atoms with Gasteiger partial charge in [0.25, 0.3) is 0 Å². The molecule has 0 unspecified atom stereocenters. The number of carbonyl (C=O) groups excluding carboxylic acids is 3. The molecule has 2 heterocycles. The molecule has 1 aromatic carbocycles. The number of carbonyl (C=O) groups is 3. The fraction of sp³-hybridized carbons (Fsp3) is 0.536. The molecule has 0 bridgehead atoms. The number of ether oxygens (including phenoxy) is 2. The minimum Gasteiger partial charge on any atom is -0.464 e. The van der Waals surface area contributed by atoms with Crippen molar-refractivity contribution in [1.82, 2.24) is 15.2 Å². The first-order valence-electron chi connectivity index (χ1n) is 12.7. The van der Waals surface area contributed by atoms with Gasteiger partial charge in [-0.05, 0) is 72.6 Å². The Morgan fingerprint density at radius 2 is 1.94 bits per heavy atom. The monoisotopic (exact) mass is 497 g/mol. The van der Waals surface area contributed by atoms with Crippen molar-refractivity contribution >= 4 is 28.9 Å². The van der Waals surface area contributed by atoms with E-state index < -0.39 is 23.7 Å². The highest BCUT2D eigenvalue weighted by Gasteiger charge is 2.32. The fourth-order valence-corrected chi connectivity index (χ4v) is 4.44. The summed E-state index contributed by atoms with van der Waals surface area (Å²) < 4.78 is 12.7. The Balaban J connectivity index is 2.10. The largest absolute Gasteiger partial charge is 0.464 e. The molecule has 196 valence electrons. The zero-order valence-corrected chi connectivity index (χ0v) is 22.3. The van der Waals surface area contributed by atoms with E-state index in [1.165, 1.54) is 0 Å². The van der Waals surface area contributed by atoms with E-state index in [0.717, 1.165) is 41.6 Å². The topological polar surface area (TPSA) is 98.7 Å².